The smallest absolute Gasteiger partial charge is 0.317 e. The second-order valence-corrected chi connectivity index (χ2v) is 7.00. The van der Waals surface area contributed by atoms with E-state index < -0.39 is 0 Å². The van der Waals surface area contributed by atoms with Crippen LogP contribution in [0.1, 0.15) is 4.88 Å². The largest absolute Gasteiger partial charge is 0.492 e. The van der Waals surface area contributed by atoms with Crippen molar-refractivity contribution in [3.05, 3.63) is 51.1 Å². The molecule has 2 rings (SSSR count). The molecule has 0 spiro atoms. The van der Waals surface area contributed by atoms with Crippen LogP contribution in [0, 0.1) is 0 Å². The lowest BCUT2D eigenvalue weighted by atomic mass is 10.3. The summed E-state index contributed by atoms with van der Waals surface area (Å²) < 4.78 is 6.59. The van der Waals surface area contributed by atoms with Gasteiger partial charge >= 0.3 is 6.03 Å². The van der Waals surface area contributed by atoms with Crippen LogP contribution in [-0.4, -0.2) is 31.1 Å². The number of carbonyl (C=O) groups excluding carboxylic acids is 1. The number of thiophene rings is 1. The number of nitrogens with one attached hydrogen (secondary N) is 1. The summed E-state index contributed by atoms with van der Waals surface area (Å²) in [4.78, 5) is 14.7. The molecule has 2 aromatic rings. The van der Waals surface area contributed by atoms with Crippen molar-refractivity contribution in [1.82, 2.24) is 10.2 Å². The molecule has 4 nitrogen and oxygen atoms in total. The summed E-state index contributed by atoms with van der Waals surface area (Å²) in [6, 6.07) is 13.5. The SMILES string of the molecule is CN(Cc1ccc(Br)s1)C(=O)NCCOc1ccccc1. The fraction of sp³-hybridized carbons (Fsp3) is 0.267. The number of ether oxygens (including phenoxy) is 1. The van der Waals surface area contributed by atoms with E-state index in [1.54, 1.807) is 23.3 Å². The van der Waals surface area contributed by atoms with Crippen molar-refractivity contribution in [3.8, 4) is 5.75 Å². The number of hydrogen-bond acceptors (Lipinski definition) is 3. The molecule has 1 aromatic carbocycles. The highest BCUT2D eigenvalue weighted by Gasteiger charge is 2.09. The highest BCUT2D eigenvalue weighted by molar-refractivity contribution is 9.11. The number of nitrogens with zero attached hydrogens (tertiary/aromatic N) is 1. The molecular weight excluding hydrogens is 352 g/mol. The number of amides is 2. The number of para-hydroxylation sites is 1. The molecule has 1 N–H and O–H groups in total. The first-order valence-corrected chi connectivity index (χ1v) is 8.17. The minimum absolute atomic E-state index is 0.101. The van der Waals surface area contributed by atoms with Gasteiger partial charge < -0.3 is 15.0 Å². The second kappa shape index (κ2) is 8.05. The summed E-state index contributed by atoms with van der Waals surface area (Å²) in [6.07, 6.45) is 0. The van der Waals surface area contributed by atoms with E-state index in [1.165, 1.54) is 0 Å². The van der Waals surface area contributed by atoms with Crippen LogP contribution in [0.5, 0.6) is 5.75 Å². The monoisotopic (exact) mass is 368 g/mol. The van der Waals surface area contributed by atoms with Crippen molar-refractivity contribution < 1.29 is 9.53 Å². The van der Waals surface area contributed by atoms with Crippen LogP contribution in [0.2, 0.25) is 0 Å². The minimum atomic E-state index is -0.101. The van der Waals surface area contributed by atoms with Gasteiger partial charge in [0, 0.05) is 11.9 Å². The molecule has 112 valence electrons. The molecule has 0 atom stereocenters. The van der Waals surface area contributed by atoms with Gasteiger partial charge in [-0.3, -0.25) is 0 Å². The standard InChI is InChI=1S/C15H17BrN2O2S/c1-18(11-13-7-8-14(16)21-13)15(19)17-9-10-20-12-5-3-2-4-6-12/h2-8H,9-11H2,1H3,(H,17,19). The third-order valence-corrected chi connectivity index (χ3v) is 4.37. The molecule has 0 radical (unpaired) electrons. The Balaban J connectivity index is 1.67. The topological polar surface area (TPSA) is 41.6 Å². The highest BCUT2D eigenvalue weighted by atomic mass is 79.9. The Morgan fingerprint density at radius 3 is 2.71 bits per heavy atom. The first kappa shape index (κ1) is 15.9. The van der Waals surface area contributed by atoms with Gasteiger partial charge in [-0.05, 0) is 40.2 Å². The summed E-state index contributed by atoms with van der Waals surface area (Å²) in [6.45, 7) is 1.53. The highest BCUT2D eigenvalue weighted by Crippen LogP contribution is 2.22. The maximum Gasteiger partial charge on any atom is 0.317 e. The molecule has 0 aliphatic carbocycles. The van der Waals surface area contributed by atoms with Crippen LogP contribution < -0.4 is 10.1 Å². The van der Waals surface area contributed by atoms with Crippen molar-refractivity contribution in [2.75, 3.05) is 20.2 Å². The van der Waals surface area contributed by atoms with Crippen LogP contribution >= 0.6 is 27.3 Å². The lowest BCUT2D eigenvalue weighted by molar-refractivity contribution is 0.204. The summed E-state index contributed by atoms with van der Waals surface area (Å²) in [5, 5.41) is 2.83. The number of benzene rings is 1. The maximum absolute atomic E-state index is 11.9. The normalized spacial score (nSPS) is 10.2. The van der Waals surface area contributed by atoms with E-state index in [4.69, 9.17) is 4.74 Å². The molecule has 0 fully saturated rings. The molecule has 0 saturated heterocycles. The predicted molar refractivity (Wildman–Crippen MR) is 88.8 cm³/mol. The second-order valence-electron chi connectivity index (χ2n) is 4.46. The van der Waals surface area contributed by atoms with E-state index in [0.29, 0.717) is 19.7 Å². The van der Waals surface area contributed by atoms with Gasteiger partial charge in [0.05, 0.1) is 16.9 Å². The van der Waals surface area contributed by atoms with Gasteiger partial charge in [-0.1, -0.05) is 18.2 Å². The number of urea groups is 1. The van der Waals surface area contributed by atoms with Gasteiger partial charge in [-0.15, -0.1) is 11.3 Å². The minimum Gasteiger partial charge on any atom is -0.492 e. The molecule has 1 aromatic heterocycles. The third-order valence-electron chi connectivity index (χ3n) is 2.76. The predicted octanol–water partition coefficient (Wildman–Crippen LogP) is 3.73. The zero-order valence-corrected chi connectivity index (χ0v) is 14.1. The van der Waals surface area contributed by atoms with E-state index in [2.05, 4.69) is 21.2 Å². The lowest BCUT2D eigenvalue weighted by Gasteiger charge is -2.17. The molecule has 6 heteroatoms. The molecule has 2 amide bonds. The van der Waals surface area contributed by atoms with Crippen LogP contribution in [0.15, 0.2) is 46.3 Å². The van der Waals surface area contributed by atoms with Gasteiger partial charge in [0.1, 0.15) is 12.4 Å². The van der Waals surface area contributed by atoms with Crippen molar-refractivity contribution >= 4 is 33.3 Å². The third kappa shape index (κ3) is 5.40. The van der Waals surface area contributed by atoms with Gasteiger partial charge in [0.15, 0.2) is 0 Å². The average molecular weight is 369 g/mol. The lowest BCUT2D eigenvalue weighted by Crippen LogP contribution is -2.38. The average Bonchev–Trinajstić information content (AvgIpc) is 2.89. The van der Waals surface area contributed by atoms with Gasteiger partial charge in [0.2, 0.25) is 0 Å². The fourth-order valence-corrected chi connectivity index (χ4v) is 3.26. The number of halogens is 1. The maximum atomic E-state index is 11.9. The van der Waals surface area contributed by atoms with Crippen LogP contribution in [0.3, 0.4) is 0 Å². The molecule has 0 saturated carbocycles. The Bertz CT molecular complexity index is 574. The van der Waals surface area contributed by atoms with Crippen molar-refractivity contribution in [1.29, 1.82) is 0 Å². The number of hydrogen-bond donors (Lipinski definition) is 1. The van der Waals surface area contributed by atoms with Crippen LogP contribution in [-0.2, 0) is 6.54 Å². The quantitative estimate of drug-likeness (QED) is 0.789. The molecule has 1 heterocycles. The number of carbonyl (C=O) groups is 1. The zero-order chi connectivity index (χ0) is 15.1. The van der Waals surface area contributed by atoms with E-state index in [-0.39, 0.29) is 6.03 Å². The van der Waals surface area contributed by atoms with Gasteiger partial charge in [-0.2, -0.15) is 0 Å². The Labute approximate surface area is 136 Å². The van der Waals surface area contributed by atoms with Gasteiger partial charge in [0.25, 0.3) is 0 Å². The van der Waals surface area contributed by atoms with E-state index >= 15 is 0 Å². The Hall–Kier alpha value is -1.53. The number of rotatable bonds is 6. The Morgan fingerprint density at radius 1 is 1.29 bits per heavy atom. The summed E-state index contributed by atoms with van der Waals surface area (Å²) in [7, 11) is 1.78. The van der Waals surface area contributed by atoms with Crippen molar-refractivity contribution in [2.45, 2.75) is 6.54 Å². The van der Waals surface area contributed by atoms with E-state index in [9.17, 15) is 4.79 Å². The van der Waals surface area contributed by atoms with Crippen molar-refractivity contribution in [2.24, 2.45) is 0 Å². The molecule has 0 aliphatic heterocycles. The summed E-state index contributed by atoms with van der Waals surface area (Å²) in [5.41, 5.74) is 0. The molecular formula is C15H17BrN2O2S. The molecule has 0 aliphatic rings. The molecule has 21 heavy (non-hydrogen) atoms. The van der Waals surface area contributed by atoms with E-state index in [1.807, 2.05) is 42.5 Å². The molecule has 0 bridgehead atoms. The first-order chi connectivity index (χ1) is 10.1. The Morgan fingerprint density at radius 2 is 2.05 bits per heavy atom. The summed E-state index contributed by atoms with van der Waals surface area (Å²) in [5.74, 6) is 0.809. The van der Waals surface area contributed by atoms with Crippen LogP contribution in [0.4, 0.5) is 4.79 Å². The van der Waals surface area contributed by atoms with Gasteiger partial charge in [-0.25, -0.2) is 4.79 Å². The van der Waals surface area contributed by atoms with E-state index in [0.717, 1.165) is 14.4 Å². The van der Waals surface area contributed by atoms with Crippen LogP contribution in [0.25, 0.3) is 0 Å². The fourth-order valence-electron chi connectivity index (χ4n) is 1.72. The van der Waals surface area contributed by atoms with Crippen molar-refractivity contribution in [3.63, 3.8) is 0 Å². The first-order valence-electron chi connectivity index (χ1n) is 6.56. The Kier molecular flexibility index (Phi) is 6.07. The molecule has 0 unspecified atom stereocenters. The summed E-state index contributed by atoms with van der Waals surface area (Å²) >= 11 is 5.04. The zero-order valence-electron chi connectivity index (χ0n) is 11.7.